The molecule has 176 valence electrons. The van der Waals surface area contributed by atoms with Crippen molar-refractivity contribution in [3.8, 4) is 11.5 Å². The zero-order chi connectivity index (χ0) is 23.9. The Labute approximate surface area is 203 Å². The van der Waals surface area contributed by atoms with Crippen LogP contribution in [0, 0.1) is 6.92 Å². The number of amides is 2. The van der Waals surface area contributed by atoms with Crippen molar-refractivity contribution in [1.82, 2.24) is 14.8 Å². The molecule has 0 unspecified atom stereocenters. The molecule has 4 rings (SSSR count). The van der Waals surface area contributed by atoms with Crippen molar-refractivity contribution in [3.05, 3.63) is 81.8 Å². The van der Waals surface area contributed by atoms with Crippen molar-refractivity contribution in [2.75, 3.05) is 33.3 Å². The summed E-state index contributed by atoms with van der Waals surface area (Å²) in [6, 6.07) is 14.7. The first kappa shape index (κ1) is 23.5. The number of para-hydroxylation sites is 1. The van der Waals surface area contributed by atoms with Crippen LogP contribution in [0.5, 0.6) is 11.5 Å². The van der Waals surface area contributed by atoms with Crippen LogP contribution in [-0.4, -0.2) is 59.9 Å². The van der Waals surface area contributed by atoms with Crippen molar-refractivity contribution < 1.29 is 19.1 Å². The van der Waals surface area contributed by atoms with E-state index in [4.69, 9.17) is 9.47 Å². The Morgan fingerprint density at radius 1 is 1.03 bits per heavy atom. The quantitative estimate of drug-likeness (QED) is 0.481. The zero-order valence-electron chi connectivity index (χ0n) is 19.3. The maximum atomic E-state index is 12.8. The van der Waals surface area contributed by atoms with Crippen LogP contribution in [0.3, 0.4) is 0 Å². The Hall–Kier alpha value is -3.65. The number of aromatic nitrogens is 1. The minimum atomic E-state index is -0.0820. The van der Waals surface area contributed by atoms with E-state index in [0.717, 1.165) is 16.3 Å². The molecule has 0 radical (unpaired) electrons. The molecule has 3 aromatic rings. The van der Waals surface area contributed by atoms with Gasteiger partial charge in [-0.15, -0.1) is 11.3 Å². The maximum Gasteiger partial charge on any atom is 0.253 e. The van der Waals surface area contributed by atoms with Crippen LogP contribution in [0.1, 0.15) is 26.6 Å². The normalized spacial score (nSPS) is 13.8. The molecule has 7 nitrogen and oxygen atoms in total. The monoisotopic (exact) mass is 477 g/mol. The fraction of sp³-hybridized carbons (Fsp3) is 0.269. The molecule has 1 fully saturated rings. The second-order valence-corrected chi connectivity index (χ2v) is 8.93. The van der Waals surface area contributed by atoms with Crippen LogP contribution in [0.15, 0.2) is 60.0 Å². The lowest BCUT2D eigenvalue weighted by molar-refractivity contribution is -0.127. The van der Waals surface area contributed by atoms with E-state index in [1.54, 1.807) is 64.7 Å². The second-order valence-electron chi connectivity index (χ2n) is 7.86. The number of aryl methyl sites for hydroxylation is 1. The molecule has 1 aromatic heterocycles. The van der Waals surface area contributed by atoms with E-state index in [1.807, 2.05) is 36.6 Å². The highest BCUT2D eigenvalue weighted by atomic mass is 32.1. The average molecular weight is 478 g/mol. The number of thiazole rings is 1. The van der Waals surface area contributed by atoms with Gasteiger partial charge >= 0.3 is 0 Å². The van der Waals surface area contributed by atoms with E-state index < -0.39 is 0 Å². The maximum absolute atomic E-state index is 12.8. The van der Waals surface area contributed by atoms with Gasteiger partial charge in [-0.2, -0.15) is 0 Å². The summed E-state index contributed by atoms with van der Waals surface area (Å²) in [5, 5.41) is 2.99. The van der Waals surface area contributed by atoms with Gasteiger partial charge in [-0.25, -0.2) is 4.98 Å². The summed E-state index contributed by atoms with van der Waals surface area (Å²) < 4.78 is 11.1. The molecule has 1 aliphatic rings. The van der Waals surface area contributed by atoms with Gasteiger partial charge in [0.05, 0.1) is 17.8 Å². The minimum Gasteiger partial charge on any atom is -0.497 e. The number of carbonyl (C=O) groups is 2. The molecule has 1 saturated heterocycles. The molecule has 0 N–H and O–H groups in total. The van der Waals surface area contributed by atoms with E-state index in [2.05, 4.69) is 4.98 Å². The first-order valence-electron chi connectivity index (χ1n) is 11.1. The van der Waals surface area contributed by atoms with E-state index >= 15 is 0 Å². The van der Waals surface area contributed by atoms with Gasteiger partial charge in [-0.1, -0.05) is 18.2 Å². The van der Waals surface area contributed by atoms with Crippen molar-refractivity contribution in [2.24, 2.45) is 0 Å². The van der Waals surface area contributed by atoms with Gasteiger partial charge in [-0.05, 0) is 43.3 Å². The predicted octanol–water partition coefficient (Wildman–Crippen LogP) is 4.04. The third-order valence-corrected chi connectivity index (χ3v) is 6.40. The molecule has 0 aliphatic carbocycles. The van der Waals surface area contributed by atoms with Crippen molar-refractivity contribution in [1.29, 1.82) is 0 Å². The number of benzene rings is 2. The van der Waals surface area contributed by atoms with Crippen LogP contribution in [0.4, 0.5) is 0 Å². The number of methoxy groups -OCH3 is 1. The summed E-state index contributed by atoms with van der Waals surface area (Å²) in [6.07, 6.45) is 3.34. The van der Waals surface area contributed by atoms with Gasteiger partial charge in [0.1, 0.15) is 18.1 Å². The number of hydrogen-bond acceptors (Lipinski definition) is 6. The highest BCUT2D eigenvalue weighted by Gasteiger charge is 2.24. The van der Waals surface area contributed by atoms with Crippen LogP contribution in [0.2, 0.25) is 0 Å². The Morgan fingerprint density at radius 3 is 2.41 bits per heavy atom. The van der Waals surface area contributed by atoms with Crippen molar-refractivity contribution in [2.45, 2.75) is 13.5 Å². The standard InChI is InChI=1S/C26H27N3O4S/c1-19-27-22(18-34-19)17-33-24-6-4-3-5-20(24)9-12-25(30)28-13-15-29(16-14-28)26(31)21-7-10-23(32-2)11-8-21/h3-12,18H,13-17H2,1-2H3/b12-9+. The molecule has 0 spiro atoms. The first-order chi connectivity index (χ1) is 16.5. The molecule has 2 amide bonds. The van der Waals surface area contributed by atoms with Crippen molar-refractivity contribution in [3.63, 3.8) is 0 Å². The van der Waals surface area contributed by atoms with Crippen LogP contribution >= 0.6 is 11.3 Å². The first-order valence-corrected chi connectivity index (χ1v) is 11.9. The predicted molar refractivity (Wildman–Crippen MR) is 132 cm³/mol. The van der Waals surface area contributed by atoms with Crippen LogP contribution in [-0.2, 0) is 11.4 Å². The molecule has 0 saturated carbocycles. The summed E-state index contributed by atoms with van der Waals surface area (Å²) >= 11 is 1.59. The van der Waals surface area contributed by atoms with Crippen LogP contribution < -0.4 is 9.47 Å². The summed E-state index contributed by atoms with van der Waals surface area (Å²) in [5.41, 5.74) is 2.33. The summed E-state index contributed by atoms with van der Waals surface area (Å²) in [5.74, 6) is 1.30. The third kappa shape index (κ3) is 5.82. The fourth-order valence-corrected chi connectivity index (χ4v) is 4.29. The van der Waals surface area contributed by atoms with E-state index in [-0.39, 0.29) is 11.8 Å². The van der Waals surface area contributed by atoms with Gasteiger partial charge in [-0.3, -0.25) is 9.59 Å². The number of ether oxygens (including phenoxy) is 2. The minimum absolute atomic E-state index is 0.0355. The lowest BCUT2D eigenvalue weighted by Crippen LogP contribution is -2.50. The highest BCUT2D eigenvalue weighted by Crippen LogP contribution is 2.22. The molecule has 0 bridgehead atoms. The molecule has 0 atom stereocenters. The SMILES string of the molecule is COc1ccc(C(=O)N2CCN(C(=O)/C=C/c3ccccc3OCc3csc(C)n3)CC2)cc1. The van der Waals surface area contributed by atoms with Crippen molar-refractivity contribution >= 4 is 29.2 Å². The number of piperazine rings is 1. The summed E-state index contributed by atoms with van der Waals surface area (Å²) in [6.45, 7) is 4.33. The Bertz CT molecular complexity index is 1160. The fourth-order valence-electron chi connectivity index (χ4n) is 3.69. The molecule has 8 heteroatoms. The summed E-state index contributed by atoms with van der Waals surface area (Å²) in [4.78, 5) is 33.4. The molecular formula is C26H27N3O4S. The van der Waals surface area contributed by atoms with E-state index in [0.29, 0.717) is 49.8 Å². The van der Waals surface area contributed by atoms with E-state index in [1.165, 1.54) is 0 Å². The van der Waals surface area contributed by atoms with Gasteiger partial charge in [0, 0.05) is 48.8 Å². The Balaban J connectivity index is 1.31. The number of nitrogens with zero attached hydrogens (tertiary/aromatic N) is 3. The molecule has 34 heavy (non-hydrogen) atoms. The Kier molecular flexibility index (Phi) is 7.59. The van der Waals surface area contributed by atoms with E-state index in [9.17, 15) is 9.59 Å². The van der Waals surface area contributed by atoms with Gasteiger partial charge in [0.15, 0.2) is 0 Å². The third-order valence-electron chi connectivity index (χ3n) is 5.58. The number of hydrogen-bond donors (Lipinski definition) is 0. The van der Waals surface area contributed by atoms with Gasteiger partial charge in [0.25, 0.3) is 5.91 Å². The lowest BCUT2D eigenvalue weighted by atomic mass is 10.1. The number of carbonyl (C=O) groups excluding carboxylic acids is 2. The lowest BCUT2D eigenvalue weighted by Gasteiger charge is -2.34. The zero-order valence-corrected chi connectivity index (χ0v) is 20.1. The summed E-state index contributed by atoms with van der Waals surface area (Å²) in [7, 11) is 1.59. The van der Waals surface area contributed by atoms with Crippen LogP contribution in [0.25, 0.3) is 6.08 Å². The molecule has 1 aliphatic heterocycles. The van der Waals surface area contributed by atoms with Gasteiger partial charge in [0.2, 0.25) is 5.91 Å². The molecular weight excluding hydrogens is 450 g/mol. The largest absolute Gasteiger partial charge is 0.497 e. The Morgan fingerprint density at radius 2 is 1.74 bits per heavy atom. The number of rotatable bonds is 7. The van der Waals surface area contributed by atoms with Gasteiger partial charge < -0.3 is 19.3 Å². The highest BCUT2D eigenvalue weighted by molar-refractivity contribution is 7.09. The smallest absolute Gasteiger partial charge is 0.253 e. The topological polar surface area (TPSA) is 72.0 Å². The average Bonchev–Trinajstić information content (AvgIpc) is 3.31. The second kappa shape index (κ2) is 11.0. The molecule has 2 aromatic carbocycles. The molecule has 2 heterocycles.